The van der Waals surface area contributed by atoms with Crippen LogP contribution in [0.2, 0.25) is 0 Å². The molecule has 0 aliphatic carbocycles. The summed E-state index contributed by atoms with van der Waals surface area (Å²) in [5.74, 6) is 0.844. The second-order valence-electron chi connectivity index (χ2n) is 4.89. The number of ether oxygens (including phenoxy) is 2. The van der Waals surface area contributed by atoms with Crippen LogP contribution < -0.4 is 4.74 Å². The van der Waals surface area contributed by atoms with Crippen molar-refractivity contribution in [2.45, 2.75) is 25.4 Å². The van der Waals surface area contributed by atoms with Crippen molar-refractivity contribution in [1.82, 2.24) is 9.97 Å². The van der Waals surface area contributed by atoms with E-state index in [0.717, 1.165) is 31.6 Å². The Labute approximate surface area is 117 Å². The molecule has 3 rings (SSSR count). The fourth-order valence-corrected chi connectivity index (χ4v) is 2.48. The molecule has 1 aromatic heterocycles. The molecule has 2 aromatic rings. The van der Waals surface area contributed by atoms with Crippen LogP contribution in [0.15, 0.2) is 30.7 Å². The number of H-pyrrole nitrogens is 1. The monoisotopic (exact) mass is 274 g/mol. The van der Waals surface area contributed by atoms with Gasteiger partial charge in [-0.15, -0.1) is 0 Å². The molecule has 1 aliphatic rings. The molecule has 0 amide bonds. The highest BCUT2D eigenvalue weighted by Gasteiger charge is 2.17. The standard InChI is InChI=1S/C15H18N2O3/c18-13-4-1-5-14(15(13)12-9-16-10-17-12)20-8-6-11-3-2-7-19-11/h1,4-5,9-11,18H,2-3,6-8H2,(H,16,17). The molecule has 0 saturated carbocycles. The lowest BCUT2D eigenvalue weighted by molar-refractivity contribution is 0.0904. The number of aromatic nitrogens is 2. The van der Waals surface area contributed by atoms with Gasteiger partial charge in [0, 0.05) is 13.0 Å². The predicted molar refractivity (Wildman–Crippen MR) is 74.8 cm³/mol. The summed E-state index contributed by atoms with van der Waals surface area (Å²) in [5, 5.41) is 10.0. The average Bonchev–Trinajstić information content (AvgIpc) is 3.11. The summed E-state index contributed by atoms with van der Waals surface area (Å²) in [6.45, 7) is 1.44. The van der Waals surface area contributed by atoms with Gasteiger partial charge >= 0.3 is 0 Å². The minimum Gasteiger partial charge on any atom is -0.507 e. The fourth-order valence-electron chi connectivity index (χ4n) is 2.48. The predicted octanol–water partition coefficient (Wildman–Crippen LogP) is 2.73. The first-order chi connectivity index (χ1) is 9.84. The summed E-state index contributed by atoms with van der Waals surface area (Å²) in [7, 11) is 0. The SMILES string of the molecule is Oc1cccc(OCCC2CCCO2)c1-c1cnc[nH]1. The molecule has 0 bridgehead atoms. The number of phenolic OH excluding ortho intramolecular Hbond substituents is 1. The molecule has 1 atom stereocenters. The van der Waals surface area contributed by atoms with Gasteiger partial charge in [0.15, 0.2) is 0 Å². The van der Waals surface area contributed by atoms with E-state index in [1.807, 2.05) is 6.07 Å². The van der Waals surface area contributed by atoms with E-state index in [-0.39, 0.29) is 5.75 Å². The van der Waals surface area contributed by atoms with Gasteiger partial charge in [0.2, 0.25) is 0 Å². The Morgan fingerprint density at radius 2 is 2.40 bits per heavy atom. The molecule has 20 heavy (non-hydrogen) atoms. The maximum atomic E-state index is 10.0. The molecule has 1 aromatic carbocycles. The zero-order valence-corrected chi connectivity index (χ0v) is 11.2. The molecule has 1 unspecified atom stereocenters. The molecule has 2 heterocycles. The highest BCUT2D eigenvalue weighted by Crippen LogP contribution is 2.36. The zero-order chi connectivity index (χ0) is 13.8. The van der Waals surface area contributed by atoms with Crippen molar-refractivity contribution >= 4 is 0 Å². The summed E-state index contributed by atoms with van der Waals surface area (Å²) in [6.07, 6.45) is 6.67. The van der Waals surface area contributed by atoms with Crippen LogP contribution in [0.1, 0.15) is 19.3 Å². The van der Waals surface area contributed by atoms with E-state index in [1.54, 1.807) is 24.7 Å². The Balaban J connectivity index is 1.71. The van der Waals surface area contributed by atoms with Crippen LogP contribution in [0.3, 0.4) is 0 Å². The Bertz CT molecular complexity index is 548. The average molecular weight is 274 g/mol. The second-order valence-corrected chi connectivity index (χ2v) is 4.89. The molecular formula is C15H18N2O3. The van der Waals surface area contributed by atoms with Gasteiger partial charge in [0.25, 0.3) is 0 Å². The molecule has 5 nitrogen and oxygen atoms in total. The maximum Gasteiger partial charge on any atom is 0.132 e. The summed E-state index contributed by atoms with van der Waals surface area (Å²) >= 11 is 0. The number of rotatable bonds is 5. The van der Waals surface area contributed by atoms with Gasteiger partial charge in [-0.05, 0) is 25.0 Å². The number of hydrogen-bond acceptors (Lipinski definition) is 4. The van der Waals surface area contributed by atoms with Crippen molar-refractivity contribution in [3.63, 3.8) is 0 Å². The first-order valence-corrected chi connectivity index (χ1v) is 6.90. The van der Waals surface area contributed by atoms with Crippen LogP contribution in [0.5, 0.6) is 11.5 Å². The number of phenols is 1. The number of imidazole rings is 1. The summed E-state index contributed by atoms with van der Waals surface area (Å²) in [4.78, 5) is 6.97. The molecule has 1 aliphatic heterocycles. The van der Waals surface area contributed by atoms with Crippen molar-refractivity contribution in [2.24, 2.45) is 0 Å². The van der Waals surface area contributed by atoms with Crippen LogP contribution in [0.4, 0.5) is 0 Å². The van der Waals surface area contributed by atoms with Gasteiger partial charge in [-0.1, -0.05) is 6.07 Å². The van der Waals surface area contributed by atoms with Gasteiger partial charge in [-0.3, -0.25) is 0 Å². The highest BCUT2D eigenvalue weighted by molar-refractivity contribution is 5.73. The van der Waals surface area contributed by atoms with Gasteiger partial charge < -0.3 is 19.6 Å². The molecule has 1 saturated heterocycles. The molecule has 106 valence electrons. The summed E-state index contributed by atoms with van der Waals surface area (Å²) < 4.78 is 11.4. The van der Waals surface area contributed by atoms with E-state index in [2.05, 4.69) is 9.97 Å². The lowest BCUT2D eigenvalue weighted by Gasteiger charge is -2.14. The molecular weight excluding hydrogens is 256 g/mol. The van der Waals surface area contributed by atoms with Gasteiger partial charge in [0.05, 0.1) is 36.5 Å². The summed E-state index contributed by atoms with van der Waals surface area (Å²) in [6, 6.07) is 5.27. The third-order valence-corrected chi connectivity index (χ3v) is 3.49. The number of nitrogens with zero attached hydrogens (tertiary/aromatic N) is 1. The largest absolute Gasteiger partial charge is 0.507 e. The van der Waals surface area contributed by atoms with Crippen molar-refractivity contribution in [1.29, 1.82) is 0 Å². The van der Waals surface area contributed by atoms with Crippen molar-refractivity contribution in [2.75, 3.05) is 13.2 Å². The van der Waals surface area contributed by atoms with Gasteiger partial charge in [-0.25, -0.2) is 4.98 Å². The second kappa shape index (κ2) is 5.96. The van der Waals surface area contributed by atoms with Crippen LogP contribution in [-0.2, 0) is 4.74 Å². The van der Waals surface area contributed by atoms with E-state index in [4.69, 9.17) is 9.47 Å². The normalized spacial score (nSPS) is 18.3. The van der Waals surface area contributed by atoms with Crippen LogP contribution >= 0.6 is 0 Å². The number of nitrogens with one attached hydrogen (secondary N) is 1. The van der Waals surface area contributed by atoms with Crippen molar-refractivity contribution in [3.8, 4) is 22.8 Å². The number of aromatic hydroxyl groups is 1. The van der Waals surface area contributed by atoms with Crippen molar-refractivity contribution < 1.29 is 14.6 Å². The van der Waals surface area contributed by atoms with Gasteiger partial charge in [-0.2, -0.15) is 0 Å². The van der Waals surface area contributed by atoms with E-state index < -0.39 is 0 Å². The smallest absolute Gasteiger partial charge is 0.132 e. The van der Waals surface area contributed by atoms with Gasteiger partial charge in [0.1, 0.15) is 11.5 Å². The van der Waals surface area contributed by atoms with Crippen molar-refractivity contribution in [3.05, 3.63) is 30.7 Å². The van der Waals surface area contributed by atoms with Crippen LogP contribution in [0, 0.1) is 0 Å². The minimum atomic E-state index is 0.184. The fraction of sp³-hybridized carbons (Fsp3) is 0.400. The molecule has 1 fully saturated rings. The molecule has 2 N–H and O–H groups in total. The summed E-state index contributed by atoms with van der Waals surface area (Å²) in [5.41, 5.74) is 1.40. The molecule has 5 heteroatoms. The van der Waals surface area contributed by atoms with E-state index >= 15 is 0 Å². The first kappa shape index (κ1) is 13.0. The lowest BCUT2D eigenvalue weighted by Crippen LogP contribution is -2.11. The first-order valence-electron chi connectivity index (χ1n) is 6.90. The minimum absolute atomic E-state index is 0.184. The van der Waals surface area contributed by atoms with E-state index in [1.165, 1.54) is 0 Å². The number of aromatic amines is 1. The third kappa shape index (κ3) is 2.77. The lowest BCUT2D eigenvalue weighted by atomic mass is 10.1. The highest BCUT2D eigenvalue weighted by atomic mass is 16.5. The van der Waals surface area contributed by atoms with E-state index in [9.17, 15) is 5.11 Å². The quantitative estimate of drug-likeness (QED) is 0.879. The number of hydrogen-bond donors (Lipinski definition) is 2. The Morgan fingerprint density at radius 3 is 3.15 bits per heavy atom. The Kier molecular flexibility index (Phi) is 3.87. The Hall–Kier alpha value is -2.01. The number of benzene rings is 1. The topological polar surface area (TPSA) is 67.4 Å². The zero-order valence-electron chi connectivity index (χ0n) is 11.2. The molecule has 0 radical (unpaired) electrons. The Morgan fingerprint density at radius 1 is 1.45 bits per heavy atom. The van der Waals surface area contributed by atoms with Crippen LogP contribution in [-0.4, -0.2) is 34.4 Å². The van der Waals surface area contributed by atoms with E-state index in [0.29, 0.717) is 24.0 Å². The maximum absolute atomic E-state index is 10.0. The molecule has 0 spiro atoms. The van der Waals surface area contributed by atoms with Crippen LogP contribution in [0.25, 0.3) is 11.3 Å². The third-order valence-electron chi connectivity index (χ3n) is 3.49.